The lowest BCUT2D eigenvalue weighted by atomic mass is 9.92. The second-order valence-corrected chi connectivity index (χ2v) is 4.27. The minimum absolute atomic E-state index is 0.154. The molecule has 0 radical (unpaired) electrons. The van der Waals surface area contributed by atoms with E-state index in [0.29, 0.717) is 5.56 Å². The van der Waals surface area contributed by atoms with E-state index in [9.17, 15) is 14.0 Å². The fraction of sp³-hybridized carbons (Fsp3) is 0.231. The Morgan fingerprint density at radius 1 is 1.39 bits per heavy atom. The molecule has 94 valence electrons. The molecule has 0 aliphatic carbocycles. The van der Waals surface area contributed by atoms with Crippen LogP contribution in [0.3, 0.4) is 0 Å². The fourth-order valence-electron chi connectivity index (χ4n) is 1.97. The summed E-state index contributed by atoms with van der Waals surface area (Å²) in [7, 11) is 0. The zero-order valence-corrected chi connectivity index (χ0v) is 9.94. The molecule has 0 saturated carbocycles. The number of hydrogen-bond donors (Lipinski definition) is 1. The van der Waals surface area contributed by atoms with Gasteiger partial charge < -0.3 is 5.32 Å². The molecular formula is C13H13FN2O2. The third kappa shape index (κ3) is 1.77. The predicted octanol–water partition coefficient (Wildman–Crippen LogP) is 1.78. The third-order valence-electron chi connectivity index (χ3n) is 3.01. The van der Waals surface area contributed by atoms with Gasteiger partial charge in [-0.25, -0.2) is 9.18 Å². The number of nitrogens with zero attached hydrogens (tertiary/aromatic N) is 1. The van der Waals surface area contributed by atoms with Crippen molar-refractivity contribution in [2.24, 2.45) is 0 Å². The van der Waals surface area contributed by atoms with E-state index in [1.165, 1.54) is 30.3 Å². The molecule has 4 nitrogen and oxygen atoms in total. The first-order valence-corrected chi connectivity index (χ1v) is 5.50. The normalized spacial score (nSPS) is 23.1. The first kappa shape index (κ1) is 12.3. The molecule has 5 heteroatoms. The van der Waals surface area contributed by atoms with Crippen LogP contribution in [0.2, 0.25) is 0 Å². The molecule has 0 aromatic heterocycles. The van der Waals surface area contributed by atoms with E-state index in [1.807, 2.05) is 0 Å². The highest BCUT2D eigenvalue weighted by atomic mass is 19.1. The number of urea groups is 1. The molecular weight excluding hydrogens is 235 g/mol. The van der Waals surface area contributed by atoms with E-state index in [1.54, 1.807) is 6.92 Å². The maximum Gasteiger partial charge on any atom is 0.325 e. The molecule has 2 rings (SSSR count). The summed E-state index contributed by atoms with van der Waals surface area (Å²) >= 11 is 0. The van der Waals surface area contributed by atoms with Gasteiger partial charge in [0.2, 0.25) is 0 Å². The van der Waals surface area contributed by atoms with Gasteiger partial charge in [-0.2, -0.15) is 0 Å². The Balaban J connectivity index is 2.38. The van der Waals surface area contributed by atoms with Gasteiger partial charge in [0, 0.05) is 6.54 Å². The third-order valence-corrected chi connectivity index (χ3v) is 3.01. The van der Waals surface area contributed by atoms with Crippen LogP contribution in [0.4, 0.5) is 9.18 Å². The smallest absolute Gasteiger partial charge is 0.319 e. The van der Waals surface area contributed by atoms with Crippen LogP contribution in [-0.2, 0) is 10.3 Å². The molecule has 1 aliphatic rings. The Bertz CT molecular complexity index is 512. The minimum Gasteiger partial charge on any atom is -0.319 e. The zero-order chi connectivity index (χ0) is 13.3. The van der Waals surface area contributed by atoms with Crippen molar-refractivity contribution in [1.82, 2.24) is 10.2 Å². The molecule has 0 bridgehead atoms. The zero-order valence-electron chi connectivity index (χ0n) is 9.94. The highest BCUT2D eigenvalue weighted by Crippen LogP contribution is 2.28. The second kappa shape index (κ2) is 4.25. The average Bonchev–Trinajstić information content (AvgIpc) is 2.55. The van der Waals surface area contributed by atoms with Crippen LogP contribution in [0.25, 0.3) is 0 Å². The number of carbonyl (C=O) groups excluding carboxylic acids is 2. The van der Waals surface area contributed by atoms with E-state index in [0.717, 1.165) is 4.90 Å². The standard InChI is InChI=1S/C13H13FN2O2/c1-3-8-16-11(17)13(2,15-12(16)18)9-4-6-10(14)7-5-9/h3-7H,1,8H2,2H3,(H,15,18). The van der Waals surface area contributed by atoms with Gasteiger partial charge in [-0.05, 0) is 24.6 Å². The Hall–Kier alpha value is -2.17. The number of imide groups is 1. The number of hydrogen-bond acceptors (Lipinski definition) is 2. The van der Waals surface area contributed by atoms with Crippen LogP contribution in [0.15, 0.2) is 36.9 Å². The van der Waals surface area contributed by atoms with Crippen LogP contribution < -0.4 is 5.32 Å². The van der Waals surface area contributed by atoms with Crippen LogP contribution in [0, 0.1) is 5.82 Å². The topological polar surface area (TPSA) is 49.4 Å². The summed E-state index contributed by atoms with van der Waals surface area (Å²) in [5.41, 5.74) is -0.595. The van der Waals surface area contributed by atoms with Gasteiger partial charge in [0.15, 0.2) is 0 Å². The Labute approximate surface area is 104 Å². The molecule has 1 aliphatic heterocycles. The lowest BCUT2D eigenvalue weighted by Crippen LogP contribution is -2.40. The van der Waals surface area contributed by atoms with Gasteiger partial charge in [0.25, 0.3) is 5.91 Å². The molecule has 1 heterocycles. The van der Waals surface area contributed by atoms with Gasteiger partial charge >= 0.3 is 6.03 Å². The molecule has 0 spiro atoms. The van der Waals surface area contributed by atoms with Crippen LogP contribution in [0.5, 0.6) is 0 Å². The Morgan fingerprint density at radius 3 is 2.56 bits per heavy atom. The van der Waals surface area contributed by atoms with Gasteiger partial charge in [0.05, 0.1) is 0 Å². The molecule has 1 aromatic rings. The van der Waals surface area contributed by atoms with Crippen molar-refractivity contribution in [3.8, 4) is 0 Å². The van der Waals surface area contributed by atoms with E-state index in [2.05, 4.69) is 11.9 Å². The highest BCUT2D eigenvalue weighted by molar-refractivity contribution is 6.07. The molecule has 1 atom stereocenters. The van der Waals surface area contributed by atoms with Crippen molar-refractivity contribution in [3.05, 3.63) is 48.3 Å². The highest BCUT2D eigenvalue weighted by Gasteiger charge is 2.48. The Morgan fingerprint density at radius 2 is 2.00 bits per heavy atom. The number of carbonyl (C=O) groups is 2. The van der Waals surface area contributed by atoms with E-state index in [4.69, 9.17) is 0 Å². The van der Waals surface area contributed by atoms with Crippen molar-refractivity contribution < 1.29 is 14.0 Å². The van der Waals surface area contributed by atoms with Crippen molar-refractivity contribution >= 4 is 11.9 Å². The number of nitrogens with one attached hydrogen (secondary N) is 1. The molecule has 18 heavy (non-hydrogen) atoms. The number of halogens is 1. The predicted molar refractivity (Wildman–Crippen MR) is 64.2 cm³/mol. The lowest BCUT2D eigenvalue weighted by molar-refractivity contribution is -0.130. The van der Waals surface area contributed by atoms with Crippen LogP contribution in [-0.4, -0.2) is 23.4 Å². The first-order chi connectivity index (χ1) is 8.49. The second-order valence-electron chi connectivity index (χ2n) is 4.27. The molecule has 1 unspecified atom stereocenters. The first-order valence-electron chi connectivity index (χ1n) is 5.50. The molecule has 3 amide bonds. The van der Waals surface area contributed by atoms with E-state index in [-0.39, 0.29) is 18.3 Å². The van der Waals surface area contributed by atoms with Gasteiger partial charge in [0.1, 0.15) is 11.4 Å². The maximum atomic E-state index is 12.9. The minimum atomic E-state index is -1.15. The summed E-state index contributed by atoms with van der Waals surface area (Å²) in [6.07, 6.45) is 1.48. The molecule has 1 saturated heterocycles. The van der Waals surface area contributed by atoms with Gasteiger partial charge in [-0.15, -0.1) is 6.58 Å². The lowest BCUT2D eigenvalue weighted by Gasteiger charge is -2.21. The average molecular weight is 248 g/mol. The van der Waals surface area contributed by atoms with Crippen LogP contribution in [0.1, 0.15) is 12.5 Å². The van der Waals surface area contributed by atoms with Crippen molar-refractivity contribution in [1.29, 1.82) is 0 Å². The monoisotopic (exact) mass is 248 g/mol. The van der Waals surface area contributed by atoms with Gasteiger partial charge in [-0.3, -0.25) is 9.69 Å². The molecule has 1 fully saturated rings. The number of benzene rings is 1. The summed E-state index contributed by atoms with van der Waals surface area (Å²) < 4.78 is 12.9. The van der Waals surface area contributed by atoms with Crippen molar-refractivity contribution in [3.63, 3.8) is 0 Å². The quantitative estimate of drug-likeness (QED) is 0.654. The molecule has 1 N–H and O–H groups in total. The number of amides is 3. The largest absolute Gasteiger partial charge is 0.325 e. The summed E-state index contributed by atoms with van der Waals surface area (Å²) in [5.74, 6) is -0.749. The summed E-state index contributed by atoms with van der Waals surface area (Å²) in [6.45, 7) is 5.26. The maximum absolute atomic E-state index is 12.9. The molecule has 1 aromatic carbocycles. The van der Waals surface area contributed by atoms with Crippen LogP contribution >= 0.6 is 0 Å². The SMILES string of the molecule is C=CCN1C(=O)NC(C)(c2ccc(F)cc2)C1=O. The summed E-state index contributed by atoms with van der Waals surface area (Å²) in [6, 6.07) is 5.04. The Kier molecular flexibility index (Phi) is 2.90. The van der Waals surface area contributed by atoms with Gasteiger partial charge in [-0.1, -0.05) is 18.2 Å². The summed E-state index contributed by atoms with van der Waals surface area (Å²) in [5, 5.41) is 2.62. The van der Waals surface area contributed by atoms with E-state index >= 15 is 0 Å². The van der Waals surface area contributed by atoms with Crippen molar-refractivity contribution in [2.45, 2.75) is 12.5 Å². The fourth-order valence-corrected chi connectivity index (χ4v) is 1.97. The summed E-state index contributed by atoms with van der Waals surface area (Å²) in [4.78, 5) is 25.0. The van der Waals surface area contributed by atoms with E-state index < -0.39 is 11.6 Å². The number of rotatable bonds is 3. The van der Waals surface area contributed by atoms with Crippen molar-refractivity contribution in [2.75, 3.05) is 6.54 Å².